The van der Waals surface area contributed by atoms with Crippen molar-refractivity contribution in [3.63, 3.8) is 0 Å². The van der Waals surface area contributed by atoms with Crippen LogP contribution in [-0.4, -0.2) is 37.1 Å². The maximum Gasteiger partial charge on any atom is 0.132 e. The summed E-state index contributed by atoms with van der Waals surface area (Å²) in [5, 5.41) is 0.468. The Balaban J connectivity index is 2.25. The molecule has 4 heteroatoms. The topological polar surface area (TPSA) is 25.4 Å². The summed E-state index contributed by atoms with van der Waals surface area (Å²) >= 11 is 5.71. The highest BCUT2D eigenvalue weighted by molar-refractivity contribution is 6.29. The van der Waals surface area contributed by atoms with E-state index in [4.69, 9.17) is 16.3 Å². The van der Waals surface area contributed by atoms with Crippen molar-refractivity contribution in [3.05, 3.63) is 23.5 Å². The Kier molecular flexibility index (Phi) is 4.70. The molecule has 78 valence electrons. The van der Waals surface area contributed by atoms with Gasteiger partial charge in [-0.3, -0.25) is 0 Å². The van der Waals surface area contributed by atoms with Gasteiger partial charge < -0.3 is 9.64 Å². The van der Waals surface area contributed by atoms with E-state index < -0.39 is 0 Å². The van der Waals surface area contributed by atoms with Crippen LogP contribution in [0.4, 0.5) is 0 Å². The maximum atomic E-state index is 5.71. The van der Waals surface area contributed by atoms with Gasteiger partial charge in [0.25, 0.3) is 0 Å². The first-order chi connectivity index (χ1) is 6.68. The summed E-state index contributed by atoms with van der Waals surface area (Å²) in [6, 6.07) is 3.53. The third-order valence-corrected chi connectivity index (χ3v) is 1.92. The van der Waals surface area contributed by atoms with Crippen LogP contribution in [0.25, 0.3) is 0 Å². The number of ether oxygens (including phenoxy) is 1. The zero-order valence-corrected chi connectivity index (χ0v) is 9.29. The quantitative estimate of drug-likeness (QED) is 0.554. The van der Waals surface area contributed by atoms with Crippen molar-refractivity contribution in [3.8, 4) is 5.75 Å². The van der Waals surface area contributed by atoms with Gasteiger partial charge in [-0.2, -0.15) is 0 Å². The molecule has 1 heterocycles. The van der Waals surface area contributed by atoms with Gasteiger partial charge in [0.1, 0.15) is 10.9 Å². The second-order valence-electron chi connectivity index (χ2n) is 3.32. The smallest absolute Gasteiger partial charge is 0.132 e. The summed E-state index contributed by atoms with van der Waals surface area (Å²) in [5.74, 6) is 0.781. The fourth-order valence-electron chi connectivity index (χ4n) is 1.05. The lowest BCUT2D eigenvalue weighted by Gasteiger charge is -2.10. The highest BCUT2D eigenvalue weighted by Gasteiger charge is 1.96. The predicted octanol–water partition coefficient (Wildman–Crippen LogP) is 2.07. The Hall–Kier alpha value is -0.800. The van der Waals surface area contributed by atoms with Gasteiger partial charge in [0.15, 0.2) is 0 Å². The molecule has 14 heavy (non-hydrogen) atoms. The monoisotopic (exact) mass is 214 g/mol. The van der Waals surface area contributed by atoms with Crippen LogP contribution in [-0.2, 0) is 0 Å². The molecule has 1 rings (SSSR count). The Morgan fingerprint density at radius 2 is 2.29 bits per heavy atom. The van der Waals surface area contributed by atoms with Crippen LogP contribution in [0.2, 0.25) is 5.15 Å². The second-order valence-corrected chi connectivity index (χ2v) is 3.71. The molecular weight excluding hydrogens is 200 g/mol. The Bertz CT molecular complexity index is 279. The average Bonchev–Trinajstić information content (AvgIpc) is 2.12. The largest absolute Gasteiger partial charge is 0.493 e. The lowest BCUT2D eigenvalue weighted by Crippen LogP contribution is -2.15. The first-order valence-corrected chi connectivity index (χ1v) is 4.95. The summed E-state index contributed by atoms with van der Waals surface area (Å²) in [6.45, 7) is 1.73. The van der Waals surface area contributed by atoms with E-state index in [9.17, 15) is 0 Å². The molecule has 0 radical (unpaired) electrons. The molecule has 0 unspecified atom stereocenters. The zero-order valence-electron chi connectivity index (χ0n) is 8.53. The summed E-state index contributed by atoms with van der Waals surface area (Å²) in [7, 11) is 4.09. The van der Waals surface area contributed by atoms with E-state index in [1.807, 2.05) is 20.2 Å². The summed E-state index contributed by atoms with van der Waals surface area (Å²) < 4.78 is 5.49. The SMILES string of the molecule is CN(C)CCCOc1ccnc(Cl)c1. The molecular formula is C10H15ClN2O. The van der Waals surface area contributed by atoms with Crippen LogP contribution >= 0.6 is 11.6 Å². The zero-order chi connectivity index (χ0) is 10.4. The van der Waals surface area contributed by atoms with Crippen molar-refractivity contribution >= 4 is 11.6 Å². The van der Waals surface area contributed by atoms with Crippen molar-refractivity contribution in [1.82, 2.24) is 9.88 Å². The van der Waals surface area contributed by atoms with E-state index >= 15 is 0 Å². The molecule has 0 aliphatic carbocycles. The Labute approximate surface area is 89.7 Å². The van der Waals surface area contributed by atoms with Gasteiger partial charge in [0, 0.05) is 18.8 Å². The third kappa shape index (κ3) is 4.44. The van der Waals surface area contributed by atoms with Gasteiger partial charge in [0.2, 0.25) is 0 Å². The van der Waals surface area contributed by atoms with Crippen molar-refractivity contribution in [1.29, 1.82) is 0 Å². The molecule has 0 aliphatic heterocycles. The van der Waals surface area contributed by atoms with Crippen LogP contribution in [0.5, 0.6) is 5.75 Å². The molecule has 0 saturated heterocycles. The van der Waals surface area contributed by atoms with E-state index in [1.165, 1.54) is 0 Å². The normalized spacial score (nSPS) is 10.6. The van der Waals surface area contributed by atoms with Gasteiger partial charge in [-0.15, -0.1) is 0 Å². The van der Waals surface area contributed by atoms with Crippen molar-refractivity contribution < 1.29 is 4.74 Å². The second kappa shape index (κ2) is 5.83. The molecule has 0 aliphatic rings. The molecule has 0 bridgehead atoms. The maximum absolute atomic E-state index is 5.71. The summed E-state index contributed by atoms with van der Waals surface area (Å²) in [5.41, 5.74) is 0. The molecule has 0 fully saturated rings. The van der Waals surface area contributed by atoms with E-state index in [0.717, 1.165) is 18.7 Å². The first kappa shape index (κ1) is 11.3. The number of aromatic nitrogens is 1. The Morgan fingerprint density at radius 1 is 1.50 bits per heavy atom. The lowest BCUT2D eigenvalue weighted by atomic mass is 10.4. The van der Waals surface area contributed by atoms with Crippen molar-refractivity contribution in [2.75, 3.05) is 27.2 Å². The minimum absolute atomic E-state index is 0.468. The highest BCUT2D eigenvalue weighted by Crippen LogP contribution is 2.14. The van der Waals surface area contributed by atoms with Gasteiger partial charge in [-0.1, -0.05) is 11.6 Å². The number of halogens is 1. The molecule has 1 aromatic heterocycles. The number of rotatable bonds is 5. The van der Waals surface area contributed by atoms with Gasteiger partial charge in [0.05, 0.1) is 6.61 Å². The number of pyridine rings is 1. The van der Waals surface area contributed by atoms with Crippen molar-refractivity contribution in [2.45, 2.75) is 6.42 Å². The molecule has 0 saturated carbocycles. The van der Waals surface area contributed by atoms with E-state index in [-0.39, 0.29) is 0 Å². The van der Waals surface area contributed by atoms with Gasteiger partial charge >= 0.3 is 0 Å². The first-order valence-electron chi connectivity index (χ1n) is 4.57. The Morgan fingerprint density at radius 3 is 2.93 bits per heavy atom. The number of hydrogen-bond donors (Lipinski definition) is 0. The van der Waals surface area contributed by atoms with Crippen LogP contribution in [0.3, 0.4) is 0 Å². The average molecular weight is 215 g/mol. The summed E-state index contributed by atoms with van der Waals surface area (Å²) in [4.78, 5) is 6.00. The highest BCUT2D eigenvalue weighted by atomic mass is 35.5. The van der Waals surface area contributed by atoms with Crippen molar-refractivity contribution in [2.24, 2.45) is 0 Å². The molecule has 3 nitrogen and oxygen atoms in total. The van der Waals surface area contributed by atoms with Gasteiger partial charge in [-0.05, 0) is 26.6 Å². The minimum atomic E-state index is 0.468. The molecule has 0 spiro atoms. The van der Waals surface area contributed by atoms with E-state index in [1.54, 1.807) is 12.3 Å². The van der Waals surface area contributed by atoms with Crippen LogP contribution in [0.1, 0.15) is 6.42 Å². The molecule has 0 amide bonds. The third-order valence-electron chi connectivity index (χ3n) is 1.72. The fourth-order valence-corrected chi connectivity index (χ4v) is 1.21. The number of nitrogens with zero attached hydrogens (tertiary/aromatic N) is 2. The van der Waals surface area contributed by atoms with Crippen LogP contribution < -0.4 is 4.74 Å². The standard InChI is InChI=1S/C10H15ClN2O/c1-13(2)6-3-7-14-9-4-5-12-10(11)8-9/h4-5,8H,3,6-7H2,1-2H3. The molecule has 0 atom stereocenters. The summed E-state index contributed by atoms with van der Waals surface area (Å²) in [6.07, 6.45) is 2.65. The van der Waals surface area contributed by atoms with E-state index in [0.29, 0.717) is 11.8 Å². The van der Waals surface area contributed by atoms with Crippen LogP contribution in [0, 0.1) is 0 Å². The lowest BCUT2D eigenvalue weighted by molar-refractivity contribution is 0.281. The molecule has 1 aromatic rings. The predicted molar refractivity (Wildman–Crippen MR) is 57.9 cm³/mol. The fraction of sp³-hybridized carbons (Fsp3) is 0.500. The molecule has 0 N–H and O–H groups in total. The van der Waals surface area contributed by atoms with Crippen LogP contribution in [0.15, 0.2) is 18.3 Å². The molecule has 0 aromatic carbocycles. The van der Waals surface area contributed by atoms with Gasteiger partial charge in [-0.25, -0.2) is 4.98 Å². The minimum Gasteiger partial charge on any atom is -0.493 e. The number of hydrogen-bond acceptors (Lipinski definition) is 3. The van der Waals surface area contributed by atoms with E-state index in [2.05, 4.69) is 9.88 Å².